The van der Waals surface area contributed by atoms with Crippen molar-refractivity contribution in [3.8, 4) is 22.9 Å². The van der Waals surface area contributed by atoms with Crippen LogP contribution in [-0.2, 0) is 11.3 Å². The molecule has 0 saturated carbocycles. The molecule has 1 amide bonds. The van der Waals surface area contributed by atoms with E-state index in [1.807, 2.05) is 0 Å². The van der Waals surface area contributed by atoms with Crippen LogP contribution in [0.15, 0.2) is 42.5 Å². The molecule has 0 bridgehead atoms. The number of aromatic nitrogens is 4. The molecule has 0 atom stereocenters. The van der Waals surface area contributed by atoms with Crippen molar-refractivity contribution in [1.82, 2.24) is 20.2 Å². The number of benzene rings is 2. The number of carbonyl (C=O) groups is 1. The number of non-ortho nitro benzene ring substituents is 1. The van der Waals surface area contributed by atoms with Crippen LogP contribution in [0.2, 0.25) is 0 Å². The Morgan fingerprint density at radius 3 is 2.57 bits per heavy atom. The molecule has 1 N–H and O–H groups in total. The highest BCUT2D eigenvalue weighted by Crippen LogP contribution is 2.29. The van der Waals surface area contributed by atoms with Crippen molar-refractivity contribution >= 4 is 17.3 Å². The fourth-order valence-corrected chi connectivity index (χ4v) is 2.38. The minimum absolute atomic E-state index is 0.0380. The second-order valence-corrected chi connectivity index (χ2v) is 5.56. The van der Waals surface area contributed by atoms with Gasteiger partial charge in [-0.3, -0.25) is 14.9 Å². The molecule has 28 heavy (non-hydrogen) atoms. The van der Waals surface area contributed by atoms with E-state index < -0.39 is 4.92 Å². The molecule has 0 unspecified atom stereocenters. The van der Waals surface area contributed by atoms with E-state index in [0.717, 1.165) is 4.80 Å². The third-order valence-corrected chi connectivity index (χ3v) is 3.76. The van der Waals surface area contributed by atoms with Gasteiger partial charge in [-0.15, -0.1) is 10.2 Å². The van der Waals surface area contributed by atoms with Crippen LogP contribution in [-0.4, -0.2) is 45.3 Å². The Bertz CT molecular complexity index is 1000. The average molecular weight is 384 g/mol. The summed E-state index contributed by atoms with van der Waals surface area (Å²) in [6.45, 7) is -0.171. The minimum Gasteiger partial charge on any atom is -0.497 e. The van der Waals surface area contributed by atoms with Crippen LogP contribution in [0.4, 0.5) is 11.4 Å². The second-order valence-electron chi connectivity index (χ2n) is 5.56. The van der Waals surface area contributed by atoms with E-state index in [4.69, 9.17) is 9.47 Å². The summed E-state index contributed by atoms with van der Waals surface area (Å²) in [6.07, 6.45) is 0. The summed E-state index contributed by atoms with van der Waals surface area (Å²) in [7, 11) is 3.02. The molecule has 1 aromatic heterocycles. The van der Waals surface area contributed by atoms with Gasteiger partial charge in [-0.2, -0.15) is 4.80 Å². The number of anilines is 1. The summed E-state index contributed by atoms with van der Waals surface area (Å²) >= 11 is 0. The Balaban J connectivity index is 1.68. The van der Waals surface area contributed by atoms with E-state index >= 15 is 0 Å². The number of methoxy groups -OCH3 is 2. The lowest BCUT2D eigenvalue weighted by molar-refractivity contribution is -0.384. The normalized spacial score (nSPS) is 10.4. The Labute approximate surface area is 159 Å². The number of nitrogens with one attached hydrogen (secondary N) is 1. The Morgan fingerprint density at radius 1 is 1.18 bits per heavy atom. The van der Waals surface area contributed by atoms with E-state index in [2.05, 4.69) is 20.7 Å². The van der Waals surface area contributed by atoms with Crippen molar-refractivity contribution < 1.29 is 19.2 Å². The molecule has 0 aliphatic rings. The zero-order chi connectivity index (χ0) is 20.1. The number of nitro benzene ring substituents is 1. The summed E-state index contributed by atoms with van der Waals surface area (Å²) in [6, 6.07) is 10.7. The number of hydrogen-bond donors (Lipinski definition) is 1. The maximum Gasteiger partial charge on any atom is 0.269 e. The standard InChI is InChI=1S/C17H16N6O5/c1-27-13-7-8-14(15(9-13)28-2)18-16(24)10-22-20-17(19-21-22)11-3-5-12(6-4-11)23(25)26/h3-9H,10H2,1-2H3,(H,18,24). The molecule has 11 nitrogen and oxygen atoms in total. The Hall–Kier alpha value is -4.02. The fourth-order valence-electron chi connectivity index (χ4n) is 2.38. The first-order valence-electron chi connectivity index (χ1n) is 8.04. The predicted molar refractivity (Wildman–Crippen MR) is 98.1 cm³/mol. The summed E-state index contributed by atoms with van der Waals surface area (Å²) in [5.41, 5.74) is 0.988. The number of carbonyl (C=O) groups excluding carboxylic acids is 1. The first kappa shape index (κ1) is 18.8. The molecular weight excluding hydrogens is 368 g/mol. The van der Waals surface area contributed by atoms with Crippen molar-refractivity contribution in [2.75, 3.05) is 19.5 Å². The van der Waals surface area contributed by atoms with Crippen molar-refractivity contribution in [3.05, 3.63) is 52.6 Å². The minimum atomic E-state index is -0.494. The summed E-state index contributed by atoms with van der Waals surface area (Å²) in [4.78, 5) is 23.6. The smallest absolute Gasteiger partial charge is 0.269 e. The van der Waals surface area contributed by atoms with Gasteiger partial charge >= 0.3 is 0 Å². The van der Waals surface area contributed by atoms with Crippen LogP contribution in [0.1, 0.15) is 0 Å². The first-order valence-corrected chi connectivity index (χ1v) is 8.04. The third kappa shape index (κ3) is 4.20. The van der Waals surface area contributed by atoms with Gasteiger partial charge in [0, 0.05) is 23.8 Å². The Morgan fingerprint density at radius 2 is 1.93 bits per heavy atom. The molecule has 11 heteroatoms. The number of hydrogen-bond acceptors (Lipinski definition) is 8. The fraction of sp³-hybridized carbons (Fsp3) is 0.176. The molecule has 0 aliphatic heterocycles. The van der Waals surface area contributed by atoms with Crippen LogP contribution in [0.5, 0.6) is 11.5 Å². The van der Waals surface area contributed by atoms with Gasteiger partial charge in [-0.25, -0.2) is 0 Å². The number of nitrogens with zero attached hydrogens (tertiary/aromatic N) is 5. The maximum absolute atomic E-state index is 12.3. The zero-order valence-electron chi connectivity index (χ0n) is 15.0. The van der Waals surface area contributed by atoms with Crippen LogP contribution in [0, 0.1) is 10.1 Å². The van der Waals surface area contributed by atoms with E-state index in [0.29, 0.717) is 22.7 Å². The largest absolute Gasteiger partial charge is 0.497 e. The van der Waals surface area contributed by atoms with E-state index in [1.165, 1.54) is 38.5 Å². The number of rotatable bonds is 7. The molecule has 0 radical (unpaired) electrons. The molecule has 144 valence electrons. The van der Waals surface area contributed by atoms with Crippen molar-refractivity contribution in [2.24, 2.45) is 0 Å². The van der Waals surface area contributed by atoms with Gasteiger partial charge < -0.3 is 14.8 Å². The molecule has 3 aromatic rings. The van der Waals surface area contributed by atoms with Crippen molar-refractivity contribution in [1.29, 1.82) is 0 Å². The van der Waals surface area contributed by atoms with Crippen LogP contribution >= 0.6 is 0 Å². The highest BCUT2D eigenvalue weighted by Gasteiger charge is 2.13. The van der Waals surface area contributed by atoms with E-state index in [1.54, 1.807) is 18.2 Å². The molecule has 3 rings (SSSR count). The quantitative estimate of drug-likeness (QED) is 0.482. The van der Waals surface area contributed by atoms with Crippen molar-refractivity contribution in [3.63, 3.8) is 0 Å². The lowest BCUT2D eigenvalue weighted by Crippen LogP contribution is -2.20. The number of nitro groups is 1. The molecule has 1 heterocycles. The van der Waals surface area contributed by atoms with Crippen LogP contribution < -0.4 is 14.8 Å². The monoisotopic (exact) mass is 384 g/mol. The maximum atomic E-state index is 12.3. The summed E-state index contributed by atoms with van der Waals surface area (Å²) < 4.78 is 10.3. The molecule has 0 aliphatic carbocycles. The third-order valence-electron chi connectivity index (χ3n) is 3.76. The lowest BCUT2D eigenvalue weighted by Gasteiger charge is -2.11. The predicted octanol–water partition coefficient (Wildman–Crippen LogP) is 1.90. The lowest BCUT2D eigenvalue weighted by atomic mass is 10.2. The summed E-state index contributed by atoms with van der Waals surface area (Å²) in [5, 5.41) is 25.2. The van der Waals surface area contributed by atoms with Gasteiger partial charge in [0.1, 0.15) is 18.0 Å². The molecule has 0 fully saturated rings. The SMILES string of the molecule is COc1ccc(NC(=O)Cn2nnc(-c3ccc([N+](=O)[O-])cc3)n2)c(OC)c1. The average Bonchev–Trinajstić information content (AvgIpc) is 3.16. The van der Waals surface area contributed by atoms with Gasteiger partial charge in [0.25, 0.3) is 5.69 Å². The van der Waals surface area contributed by atoms with E-state index in [9.17, 15) is 14.9 Å². The van der Waals surface area contributed by atoms with Crippen molar-refractivity contribution in [2.45, 2.75) is 6.54 Å². The van der Waals surface area contributed by atoms with Crippen LogP contribution in [0.25, 0.3) is 11.4 Å². The van der Waals surface area contributed by atoms with E-state index in [-0.39, 0.29) is 24.0 Å². The molecule has 0 saturated heterocycles. The van der Waals surface area contributed by atoms with Gasteiger partial charge in [-0.1, -0.05) is 0 Å². The Kier molecular flexibility index (Phi) is 5.44. The number of amides is 1. The van der Waals surface area contributed by atoms with Gasteiger partial charge in [0.05, 0.1) is 24.8 Å². The molecule has 0 spiro atoms. The molecule has 2 aromatic carbocycles. The van der Waals surface area contributed by atoms with Gasteiger partial charge in [0.2, 0.25) is 11.7 Å². The molecular formula is C17H16N6O5. The van der Waals surface area contributed by atoms with Gasteiger partial charge in [-0.05, 0) is 29.5 Å². The number of tetrazole rings is 1. The zero-order valence-corrected chi connectivity index (χ0v) is 15.0. The topological polar surface area (TPSA) is 134 Å². The van der Waals surface area contributed by atoms with Crippen LogP contribution in [0.3, 0.4) is 0 Å². The second kappa shape index (κ2) is 8.12. The number of ether oxygens (including phenoxy) is 2. The summed E-state index contributed by atoms with van der Waals surface area (Å²) in [5.74, 6) is 0.923. The highest BCUT2D eigenvalue weighted by molar-refractivity contribution is 5.92. The highest BCUT2D eigenvalue weighted by atomic mass is 16.6. The van der Waals surface area contributed by atoms with Gasteiger partial charge in [0.15, 0.2) is 0 Å². The first-order chi connectivity index (χ1) is 13.5.